The van der Waals surface area contributed by atoms with Gasteiger partial charge in [0.15, 0.2) is 0 Å². The fraction of sp³-hybridized carbons (Fsp3) is 0.292. The molecule has 0 N–H and O–H groups in total. The van der Waals surface area contributed by atoms with Crippen molar-refractivity contribution in [1.82, 2.24) is 4.57 Å². The molecule has 0 radical (unpaired) electrons. The molecule has 0 aliphatic carbocycles. The predicted octanol–water partition coefficient (Wildman–Crippen LogP) is 6.03. The van der Waals surface area contributed by atoms with Gasteiger partial charge in [-0.2, -0.15) is 0 Å². The highest BCUT2D eigenvalue weighted by Crippen LogP contribution is 2.32. The molecule has 0 bridgehead atoms. The van der Waals surface area contributed by atoms with Gasteiger partial charge in [0.05, 0.1) is 12.2 Å². The molecule has 0 spiro atoms. The van der Waals surface area contributed by atoms with Crippen molar-refractivity contribution in [3.8, 4) is 16.8 Å². The zero-order chi connectivity index (χ0) is 20.3. The molecule has 0 saturated heterocycles. The van der Waals surface area contributed by atoms with Gasteiger partial charge in [0, 0.05) is 23.1 Å². The number of hydrogen-bond donors (Lipinski definition) is 0. The molecule has 3 nitrogen and oxygen atoms in total. The topological polar surface area (TPSA) is 31.2 Å². The van der Waals surface area contributed by atoms with Crippen LogP contribution in [0.25, 0.3) is 16.8 Å². The fourth-order valence-electron chi connectivity index (χ4n) is 3.41. The SMILES string of the molecule is CCCc1c(C(=O)OCC)c(-c2ccc(F)cc2)cn1-c1ccc(C)c(C)c1. The molecule has 0 amide bonds. The molecule has 0 fully saturated rings. The third kappa shape index (κ3) is 3.86. The van der Waals surface area contributed by atoms with Crippen molar-refractivity contribution < 1.29 is 13.9 Å². The van der Waals surface area contributed by atoms with Crippen LogP contribution in [0.3, 0.4) is 0 Å². The number of aryl methyl sites for hydroxylation is 2. The van der Waals surface area contributed by atoms with E-state index in [1.165, 1.54) is 23.3 Å². The first-order valence-corrected chi connectivity index (χ1v) is 9.71. The Hall–Kier alpha value is -2.88. The van der Waals surface area contributed by atoms with Gasteiger partial charge >= 0.3 is 5.97 Å². The fourth-order valence-corrected chi connectivity index (χ4v) is 3.41. The Morgan fingerprint density at radius 1 is 1.04 bits per heavy atom. The van der Waals surface area contributed by atoms with Gasteiger partial charge in [-0.25, -0.2) is 9.18 Å². The number of nitrogens with zero attached hydrogens (tertiary/aromatic N) is 1. The first-order chi connectivity index (χ1) is 13.5. The van der Waals surface area contributed by atoms with Crippen molar-refractivity contribution in [1.29, 1.82) is 0 Å². The highest BCUT2D eigenvalue weighted by Gasteiger charge is 2.24. The summed E-state index contributed by atoms with van der Waals surface area (Å²) in [4.78, 5) is 12.9. The summed E-state index contributed by atoms with van der Waals surface area (Å²) in [7, 11) is 0. The summed E-state index contributed by atoms with van der Waals surface area (Å²) in [6.45, 7) is 8.35. The molecule has 0 unspecified atom stereocenters. The van der Waals surface area contributed by atoms with Crippen molar-refractivity contribution >= 4 is 5.97 Å². The third-order valence-electron chi connectivity index (χ3n) is 5.00. The van der Waals surface area contributed by atoms with Crippen molar-refractivity contribution in [3.05, 3.63) is 76.9 Å². The summed E-state index contributed by atoms with van der Waals surface area (Å²) < 4.78 is 20.9. The van der Waals surface area contributed by atoms with Crippen LogP contribution in [-0.2, 0) is 11.2 Å². The molecule has 0 atom stereocenters. The van der Waals surface area contributed by atoms with E-state index >= 15 is 0 Å². The second-order valence-corrected chi connectivity index (χ2v) is 6.98. The predicted molar refractivity (Wildman–Crippen MR) is 111 cm³/mol. The number of aromatic nitrogens is 1. The van der Waals surface area contributed by atoms with Gasteiger partial charge in [0.1, 0.15) is 5.82 Å². The minimum atomic E-state index is -0.340. The zero-order valence-corrected chi connectivity index (χ0v) is 16.9. The highest BCUT2D eigenvalue weighted by molar-refractivity contribution is 5.99. The van der Waals surface area contributed by atoms with Crippen LogP contribution in [-0.4, -0.2) is 17.1 Å². The molecule has 4 heteroatoms. The minimum absolute atomic E-state index is 0.302. The molecule has 3 rings (SSSR count). The van der Waals surface area contributed by atoms with Crippen LogP contribution in [0.1, 0.15) is 47.4 Å². The molecule has 0 aliphatic heterocycles. The smallest absolute Gasteiger partial charge is 0.340 e. The Morgan fingerprint density at radius 3 is 2.36 bits per heavy atom. The maximum atomic E-state index is 13.4. The number of benzene rings is 2. The van der Waals surface area contributed by atoms with E-state index in [0.29, 0.717) is 12.2 Å². The van der Waals surface area contributed by atoms with Crippen molar-refractivity contribution in [3.63, 3.8) is 0 Å². The maximum Gasteiger partial charge on any atom is 0.340 e. The molecule has 2 aromatic carbocycles. The van der Waals surface area contributed by atoms with Gasteiger partial charge in [0.25, 0.3) is 0 Å². The van der Waals surface area contributed by atoms with E-state index in [4.69, 9.17) is 4.74 Å². The van der Waals surface area contributed by atoms with Gasteiger partial charge in [-0.1, -0.05) is 31.5 Å². The average molecular weight is 379 g/mol. The second kappa shape index (κ2) is 8.42. The first kappa shape index (κ1) is 19.9. The lowest BCUT2D eigenvalue weighted by molar-refractivity contribution is 0.0526. The molecule has 1 aromatic heterocycles. The van der Waals surface area contributed by atoms with Crippen LogP contribution in [0.15, 0.2) is 48.7 Å². The minimum Gasteiger partial charge on any atom is -0.462 e. The van der Waals surface area contributed by atoms with Crippen LogP contribution < -0.4 is 0 Å². The molecule has 0 aliphatic rings. The monoisotopic (exact) mass is 379 g/mol. The van der Waals surface area contributed by atoms with Crippen LogP contribution >= 0.6 is 0 Å². The number of esters is 1. The molecule has 28 heavy (non-hydrogen) atoms. The summed E-state index contributed by atoms with van der Waals surface area (Å²) in [6.07, 6.45) is 3.60. The van der Waals surface area contributed by atoms with E-state index in [2.05, 4.69) is 43.5 Å². The summed E-state index contributed by atoms with van der Waals surface area (Å²) in [6, 6.07) is 12.5. The lowest BCUT2D eigenvalue weighted by atomic mass is 10.0. The van der Waals surface area contributed by atoms with Gasteiger partial charge < -0.3 is 9.30 Å². The number of ether oxygens (including phenoxy) is 1. The van der Waals surface area contributed by atoms with E-state index in [1.54, 1.807) is 19.1 Å². The van der Waals surface area contributed by atoms with Gasteiger partial charge in [-0.3, -0.25) is 0 Å². The highest BCUT2D eigenvalue weighted by atomic mass is 19.1. The average Bonchev–Trinajstić information content (AvgIpc) is 3.04. The molecular formula is C24H26FNO2. The summed E-state index contributed by atoms with van der Waals surface area (Å²) in [5.74, 6) is -0.642. The lowest BCUT2D eigenvalue weighted by Crippen LogP contribution is -2.10. The summed E-state index contributed by atoms with van der Waals surface area (Å²) >= 11 is 0. The zero-order valence-electron chi connectivity index (χ0n) is 16.9. The van der Waals surface area contributed by atoms with Gasteiger partial charge in [-0.05, 0) is 68.1 Å². The largest absolute Gasteiger partial charge is 0.462 e. The third-order valence-corrected chi connectivity index (χ3v) is 5.00. The summed E-state index contributed by atoms with van der Waals surface area (Å²) in [5.41, 5.74) is 6.46. The Bertz CT molecular complexity index is 987. The second-order valence-electron chi connectivity index (χ2n) is 6.98. The van der Waals surface area contributed by atoms with Crippen molar-refractivity contribution in [2.45, 2.75) is 40.5 Å². The number of carbonyl (C=O) groups is 1. The normalized spacial score (nSPS) is 10.9. The van der Waals surface area contributed by atoms with Crippen LogP contribution in [0, 0.1) is 19.7 Å². The number of hydrogen-bond acceptors (Lipinski definition) is 2. The van der Waals surface area contributed by atoms with Crippen LogP contribution in [0.4, 0.5) is 4.39 Å². The van der Waals surface area contributed by atoms with Crippen LogP contribution in [0.2, 0.25) is 0 Å². The molecular weight excluding hydrogens is 353 g/mol. The molecule has 146 valence electrons. The van der Waals surface area contributed by atoms with Gasteiger partial charge in [0.2, 0.25) is 0 Å². The van der Waals surface area contributed by atoms with E-state index in [9.17, 15) is 9.18 Å². The standard InChI is InChI=1S/C24H26FNO2/c1-5-7-22-23(24(27)28-6-2)21(18-9-11-19(25)12-10-18)15-26(22)20-13-8-16(3)17(4)14-20/h8-15H,5-7H2,1-4H3. The Balaban J connectivity index is 2.27. The first-order valence-electron chi connectivity index (χ1n) is 9.71. The van der Waals surface area contributed by atoms with E-state index in [-0.39, 0.29) is 11.8 Å². The quantitative estimate of drug-likeness (QED) is 0.490. The van der Waals surface area contributed by atoms with Crippen molar-refractivity contribution in [2.24, 2.45) is 0 Å². The Kier molecular flexibility index (Phi) is 5.98. The maximum absolute atomic E-state index is 13.4. The number of halogens is 1. The van der Waals surface area contributed by atoms with Gasteiger partial charge in [-0.15, -0.1) is 0 Å². The Morgan fingerprint density at radius 2 is 1.75 bits per heavy atom. The number of carbonyl (C=O) groups excluding carboxylic acids is 1. The lowest BCUT2D eigenvalue weighted by Gasteiger charge is -2.12. The molecule has 1 heterocycles. The molecule has 0 saturated carbocycles. The Labute approximate surface area is 165 Å². The van der Waals surface area contributed by atoms with E-state index in [0.717, 1.165) is 35.3 Å². The van der Waals surface area contributed by atoms with E-state index in [1.807, 2.05) is 6.20 Å². The number of rotatable bonds is 6. The van der Waals surface area contributed by atoms with Crippen LogP contribution in [0.5, 0.6) is 0 Å². The van der Waals surface area contributed by atoms with Crippen molar-refractivity contribution in [2.75, 3.05) is 6.61 Å². The summed E-state index contributed by atoms with van der Waals surface area (Å²) in [5, 5.41) is 0. The van der Waals surface area contributed by atoms with E-state index < -0.39 is 0 Å². The molecule has 3 aromatic rings.